The first kappa shape index (κ1) is 19.0. The summed E-state index contributed by atoms with van der Waals surface area (Å²) >= 11 is 0. The number of nitrogens with one attached hydrogen (secondary N) is 1. The second-order valence-electron chi connectivity index (χ2n) is 7.10. The van der Waals surface area contributed by atoms with Crippen molar-refractivity contribution in [2.75, 3.05) is 19.6 Å². The number of piperidine rings is 1. The highest BCUT2D eigenvalue weighted by atomic mass is 16.2. The minimum Gasteiger partial charge on any atom is -0.369 e. The summed E-state index contributed by atoms with van der Waals surface area (Å²) < 4.78 is 0. The van der Waals surface area contributed by atoms with Gasteiger partial charge in [-0.25, -0.2) is 0 Å². The van der Waals surface area contributed by atoms with Crippen LogP contribution in [0.3, 0.4) is 0 Å². The van der Waals surface area contributed by atoms with Crippen molar-refractivity contribution in [3.63, 3.8) is 0 Å². The second-order valence-corrected chi connectivity index (χ2v) is 7.10. The van der Waals surface area contributed by atoms with Crippen LogP contribution in [-0.4, -0.2) is 41.3 Å². The summed E-state index contributed by atoms with van der Waals surface area (Å²) in [6.45, 7) is 3.74. The molecule has 0 spiro atoms. The number of carbonyl (C=O) groups excluding carboxylic acids is 2. The number of likely N-dealkylation sites (tertiary alicyclic amines) is 1. The molecule has 1 fully saturated rings. The van der Waals surface area contributed by atoms with Crippen molar-refractivity contribution in [3.05, 3.63) is 65.5 Å². The largest absolute Gasteiger partial charge is 0.369 e. The van der Waals surface area contributed by atoms with Gasteiger partial charge in [0.1, 0.15) is 0 Å². The summed E-state index contributed by atoms with van der Waals surface area (Å²) in [6.07, 6.45) is 4.95. The fraction of sp³-hybridized carbons (Fsp3) is 0.381. The van der Waals surface area contributed by atoms with Crippen LogP contribution < -0.4 is 11.1 Å². The predicted molar refractivity (Wildman–Crippen MR) is 104 cm³/mol. The minimum absolute atomic E-state index is 0.0533. The molecule has 1 aliphatic heterocycles. The van der Waals surface area contributed by atoms with E-state index < -0.39 is 0 Å². The normalized spacial score (nSPS) is 16.6. The van der Waals surface area contributed by atoms with E-state index in [0.717, 1.165) is 29.5 Å². The van der Waals surface area contributed by atoms with Gasteiger partial charge >= 0.3 is 0 Å². The van der Waals surface area contributed by atoms with Crippen molar-refractivity contribution in [1.29, 1.82) is 0 Å². The van der Waals surface area contributed by atoms with Crippen LogP contribution in [0.5, 0.6) is 0 Å². The molecular formula is C21H26N4O2. The molecule has 0 bridgehead atoms. The molecule has 0 radical (unpaired) electrons. The molecule has 2 aromatic rings. The first-order chi connectivity index (χ1) is 13.0. The zero-order chi connectivity index (χ0) is 19.2. The molecule has 1 saturated heterocycles. The highest BCUT2D eigenvalue weighted by Crippen LogP contribution is 2.26. The molecule has 0 saturated carbocycles. The number of hydrogen-bond donors (Lipinski definition) is 2. The Kier molecular flexibility index (Phi) is 6.19. The quantitative estimate of drug-likeness (QED) is 0.816. The average Bonchev–Trinajstić information content (AvgIpc) is 2.67. The molecule has 6 nitrogen and oxygen atoms in total. The Balaban J connectivity index is 1.72. The lowest BCUT2D eigenvalue weighted by molar-refractivity contribution is -0.127. The number of pyridine rings is 1. The number of rotatable bonds is 6. The van der Waals surface area contributed by atoms with Gasteiger partial charge in [-0.15, -0.1) is 0 Å². The van der Waals surface area contributed by atoms with Gasteiger partial charge in [0.05, 0.1) is 12.6 Å². The number of primary amides is 1. The van der Waals surface area contributed by atoms with E-state index in [1.165, 1.54) is 0 Å². The number of benzene rings is 1. The van der Waals surface area contributed by atoms with Crippen LogP contribution in [0.4, 0.5) is 0 Å². The molecule has 3 N–H and O–H groups in total. The molecule has 142 valence electrons. The van der Waals surface area contributed by atoms with E-state index in [-0.39, 0.29) is 30.3 Å². The molecule has 1 atom stereocenters. The van der Waals surface area contributed by atoms with E-state index >= 15 is 0 Å². The van der Waals surface area contributed by atoms with Crippen molar-refractivity contribution in [2.45, 2.75) is 25.8 Å². The number of amides is 2. The third-order valence-corrected chi connectivity index (χ3v) is 5.16. The van der Waals surface area contributed by atoms with E-state index in [0.29, 0.717) is 13.1 Å². The molecule has 6 heteroatoms. The van der Waals surface area contributed by atoms with Crippen LogP contribution >= 0.6 is 0 Å². The van der Waals surface area contributed by atoms with Crippen molar-refractivity contribution in [3.8, 4) is 0 Å². The first-order valence-electron chi connectivity index (χ1n) is 9.31. The van der Waals surface area contributed by atoms with Gasteiger partial charge in [0.25, 0.3) is 0 Å². The Morgan fingerprint density at radius 1 is 1.19 bits per heavy atom. The lowest BCUT2D eigenvalue weighted by Crippen LogP contribution is -2.44. The number of aromatic nitrogens is 1. The Hall–Kier alpha value is -2.73. The van der Waals surface area contributed by atoms with Gasteiger partial charge in [0.2, 0.25) is 11.8 Å². The Labute approximate surface area is 159 Å². The fourth-order valence-corrected chi connectivity index (χ4v) is 3.64. The van der Waals surface area contributed by atoms with Crippen molar-refractivity contribution < 1.29 is 9.59 Å². The molecule has 1 aromatic heterocycles. The lowest BCUT2D eigenvalue weighted by Gasteiger charge is -2.31. The molecule has 2 amide bonds. The lowest BCUT2D eigenvalue weighted by atomic mass is 9.92. The van der Waals surface area contributed by atoms with Crippen LogP contribution in [-0.2, 0) is 9.59 Å². The summed E-state index contributed by atoms with van der Waals surface area (Å²) in [5, 5.41) is 3.24. The third kappa shape index (κ3) is 4.92. The summed E-state index contributed by atoms with van der Waals surface area (Å²) in [6, 6.07) is 11.8. The van der Waals surface area contributed by atoms with Crippen LogP contribution in [0.15, 0.2) is 48.8 Å². The van der Waals surface area contributed by atoms with Gasteiger partial charge in [-0.05, 0) is 61.7 Å². The van der Waals surface area contributed by atoms with E-state index in [1.807, 2.05) is 29.2 Å². The highest BCUT2D eigenvalue weighted by molar-refractivity contribution is 5.80. The standard InChI is InChI=1S/C21H26N4O2/c1-15-4-2-3-5-18(15)20(16-6-10-23-11-7-16)24-21(27)17-8-12-25(13-9-17)14-19(22)26/h2-7,10-11,17,20H,8-9,12-14H2,1H3,(H2,22,26)(H,24,27). The third-order valence-electron chi connectivity index (χ3n) is 5.16. The molecule has 3 rings (SSSR count). The van der Waals surface area contributed by atoms with E-state index in [2.05, 4.69) is 29.4 Å². The molecule has 27 heavy (non-hydrogen) atoms. The summed E-state index contributed by atoms with van der Waals surface area (Å²) in [4.78, 5) is 30.1. The number of hydrogen-bond acceptors (Lipinski definition) is 4. The SMILES string of the molecule is Cc1ccccc1C(NC(=O)C1CCN(CC(N)=O)CC1)c1ccncc1. The van der Waals surface area contributed by atoms with Crippen LogP contribution in [0.2, 0.25) is 0 Å². The number of nitrogens with two attached hydrogens (primary N) is 1. The minimum atomic E-state index is -0.324. The Morgan fingerprint density at radius 3 is 2.48 bits per heavy atom. The summed E-state index contributed by atoms with van der Waals surface area (Å²) in [7, 11) is 0. The number of carbonyl (C=O) groups is 2. The molecule has 1 aromatic carbocycles. The van der Waals surface area contributed by atoms with Crippen molar-refractivity contribution in [1.82, 2.24) is 15.2 Å². The second kappa shape index (κ2) is 8.77. The maximum atomic E-state index is 13.0. The zero-order valence-electron chi connectivity index (χ0n) is 15.6. The average molecular weight is 366 g/mol. The molecular weight excluding hydrogens is 340 g/mol. The smallest absolute Gasteiger partial charge is 0.231 e. The summed E-state index contributed by atoms with van der Waals surface area (Å²) in [5.74, 6) is -0.323. The van der Waals surface area contributed by atoms with Gasteiger partial charge in [-0.3, -0.25) is 19.5 Å². The summed E-state index contributed by atoms with van der Waals surface area (Å²) in [5.41, 5.74) is 8.50. The van der Waals surface area contributed by atoms with Crippen LogP contribution in [0.1, 0.15) is 35.6 Å². The van der Waals surface area contributed by atoms with Crippen LogP contribution in [0, 0.1) is 12.8 Å². The van der Waals surface area contributed by atoms with E-state index in [9.17, 15) is 9.59 Å². The molecule has 1 aliphatic rings. The number of nitrogens with zero attached hydrogens (tertiary/aromatic N) is 2. The molecule has 2 heterocycles. The Bertz CT molecular complexity index is 786. The van der Waals surface area contributed by atoms with E-state index in [4.69, 9.17) is 5.73 Å². The maximum Gasteiger partial charge on any atom is 0.231 e. The van der Waals surface area contributed by atoms with Crippen LogP contribution in [0.25, 0.3) is 0 Å². The van der Waals surface area contributed by atoms with Gasteiger partial charge < -0.3 is 11.1 Å². The van der Waals surface area contributed by atoms with Crippen molar-refractivity contribution in [2.24, 2.45) is 11.7 Å². The monoisotopic (exact) mass is 366 g/mol. The number of aryl methyl sites for hydroxylation is 1. The van der Waals surface area contributed by atoms with Gasteiger partial charge in [-0.1, -0.05) is 24.3 Å². The van der Waals surface area contributed by atoms with Gasteiger partial charge in [-0.2, -0.15) is 0 Å². The van der Waals surface area contributed by atoms with E-state index in [1.54, 1.807) is 12.4 Å². The fourth-order valence-electron chi connectivity index (χ4n) is 3.64. The first-order valence-corrected chi connectivity index (χ1v) is 9.31. The predicted octanol–water partition coefficient (Wildman–Crippen LogP) is 1.79. The topological polar surface area (TPSA) is 88.3 Å². The van der Waals surface area contributed by atoms with Gasteiger partial charge in [0.15, 0.2) is 0 Å². The zero-order valence-corrected chi connectivity index (χ0v) is 15.6. The maximum absolute atomic E-state index is 13.0. The molecule has 0 aliphatic carbocycles. The van der Waals surface area contributed by atoms with Crippen molar-refractivity contribution >= 4 is 11.8 Å². The van der Waals surface area contributed by atoms with Gasteiger partial charge in [0, 0.05) is 18.3 Å². The Morgan fingerprint density at radius 2 is 1.85 bits per heavy atom. The highest BCUT2D eigenvalue weighted by Gasteiger charge is 2.28. The molecule has 1 unspecified atom stereocenters.